The van der Waals surface area contributed by atoms with Crippen LogP contribution in [0, 0.1) is 0 Å². The lowest BCUT2D eigenvalue weighted by Crippen LogP contribution is -2.42. The van der Waals surface area contributed by atoms with Gasteiger partial charge in [-0.15, -0.1) is 24.0 Å². The Labute approximate surface area is 205 Å². The van der Waals surface area contributed by atoms with Gasteiger partial charge in [-0.3, -0.25) is 4.79 Å². The molecule has 0 bridgehead atoms. The van der Waals surface area contributed by atoms with Crippen molar-refractivity contribution in [3.8, 4) is 5.75 Å². The van der Waals surface area contributed by atoms with Crippen LogP contribution in [0.25, 0.3) is 10.9 Å². The minimum Gasteiger partial charge on any atom is -0.493 e. The summed E-state index contributed by atoms with van der Waals surface area (Å²) in [6, 6.07) is 18.6. The number of rotatable bonds is 6. The number of carbonyl (C=O) groups excluding carboxylic acids is 1. The number of para-hydroxylation sites is 2. The zero-order valence-electron chi connectivity index (χ0n) is 18.4. The number of aromatic nitrogens is 1. The fraction of sp³-hybridized carbons (Fsp3) is 0.333. The van der Waals surface area contributed by atoms with Gasteiger partial charge in [0, 0.05) is 50.3 Å². The molecule has 0 aliphatic carbocycles. The molecule has 1 aromatic heterocycles. The summed E-state index contributed by atoms with van der Waals surface area (Å²) in [5, 5.41) is 8.10. The molecule has 4 rings (SSSR count). The monoisotopic (exact) mass is 547 g/mol. The van der Waals surface area contributed by atoms with Gasteiger partial charge in [0.2, 0.25) is 5.91 Å². The van der Waals surface area contributed by atoms with Crippen LogP contribution in [0.4, 0.5) is 0 Å². The number of ether oxygens (including phenoxy) is 1. The Bertz CT molecular complexity index is 1050. The minimum atomic E-state index is -0.0379. The molecule has 0 saturated carbocycles. The van der Waals surface area contributed by atoms with Gasteiger partial charge in [-0.2, -0.15) is 0 Å². The molecule has 0 spiro atoms. The van der Waals surface area contributed by atoms with Crippen molar-refractivity contribution in [2.75, 3.05) is 33.8 Å². The molecule has 1 atom stereocenters. The van der Waals surface area contributed by atoms with E-state index >= 15 is 0 Å². The zero-order valence-corrected chi connectivity index (χ0v) is 20.8. The van der Waals surface area contributed by atoms with Crippen LogP contribution in [0.15, 0.2) is 59.6 Å². The maximum absolute atomic E-state index is 12.1. The number of fused-ring (bicyclic) bond motifs is 2. The maximum Gasteiger partial charge on any atom is 0.243 e. The van der Waals surface area contributed by atoms with E-state index in [1.54, 1.807) is 19.0 Å². The van der Waals surface area contributed by atoms with Crippen LogP contribution in [0.3, 0.4) is 0 Å². The molecule has 1 unspecified atom stereocenters. The lowest BCUT2D eigenvalue weighted by Gasteiger charge is -2.28. The summed E-state index contributed by atoms with van der Waals surface area (Å²) in [7, 11) is 3.48. The van der Waals surface area contributed by atoms with E-state index in [-0.39, 0.29) is 42.5 Å². The van der Waals surface area contributed by atoms with Crippen LogP contribution in [0.2, 0.25) is 0 Å². The van der Waals surface area contributed by atoms with E-state index in [2.05, 4.69) is 44.9 Å². The van der Waals surface area contributed by atoms with Crippen LogP contribution in [-0.4, -0.2) is 55.5 Å². The second-order valence-electron chi connectivity index (χ2n) is 7.88. The van der Waals surface area contributed by atoms with E-state index in [0.717, 1.165) is 35.4 Å². The molecule has 2 heterocycles. The summed E-state index contributed by atoms with van der Waals surface area (Å²) in [5.74, 6) is 1.49. The van der Waals surface area contributed by atoms with E-state index in [1.807, 2.05) is 30.3 Å². The molecule has 0 fully saturated rings. The van der Waals surface area contributed by atoms with Crippen LogP contribution in [0.5, 0.6) is 5.75 Å². The number of amides is 1. The maximum atomic E-state index is 12.1. The van der Waals surface area contributed by atoms with Crippen molar-refractivity contribution in [2.24, 2.45) is 4.99 Å². The number of likely N-dealkylation sites (N-methyl/N-ethyl adjacent to an activating group) is 1. The number of nitrogens with zero attached hydrogens (tertiary/aromatic N) is 2. The fourth-order valence-corrected chi connectivity index (χ4v) is 3.68. The van der Waals surface area contributed by atoms with Gasteiger partial charge in [0.1, 0.15) is 12.3 Å². The molecule has 170 valence electrons. The molecule has 1 aliphatic heterocycles. The number of H-pyrrole nitrogens is 1. The molecule has 32 heavy (non-hydrogen) atoms. The minimum absolute atomic E-state index is 0. The molecule has 7 nitrogen and oxygen atoms in total. The number of carbonyl (C=O) groups is 1. The molecule has 2 aromatic carbocycles. The van der Waals surface area contributed by atoms with Gasteiger partial charge < -0.3 is 25.3 Å². The first kappa shape index (κ1) is 23.9. The first-order chi connectivity index (χ1) is 15.1. The molecule has 0 radical (unpaired) electrons. The van der Waals surface area contributed by atoms with Crippen molar-refractivity contribution >= 4 is 46.7 Å². The SMILES string of the molecule is CN(C)C(=O)CN=C(NCCc1cc2ccccc2[nH]1)NC1CCOc2ccccc21.I. The highest BCUT2D eigenvalue weighted by molar-refractivity contribution is 14.0. The van der Waals surface area contributed by atoms with E-state index < -0.39 is 0 Å². The first-order valence-corrected chi connectivity index (χ1v) is 10.6. The van der Waals surface area contributed by atoms with Gasteiger partial charge in [-0.05, 0) is 23.6 Å². The normalized spacial score (nSPS) is 15.3. The van der Waals surface area contributed by atoms with Gasteiger partial charge in [0.25, 0.3) is 0 Å². The average molecular weight is 547 g/mol. The first-order valence-electron chi connectivity index (χ1n) is 10.6. The number of benzene rings is 2. The molecule has 0 saturated heterocycles. The smallest absolute Gasteiger partial charge is 0.243 e. The van der Waals surface area contributed by atoms with Crippen molar-refractivity contribution in [1.82, 2.24) is 20.5 Å². The van der Waals surface area contributed by atoms with Gasteiger partial charge in [-0.1, -0.05) is 36.4 Å². The largest absolute Gasteiger partial charge is 0.493 e. The van der Waals surface area contributed by atoms with E-state index in [4.69, 9.17) is 4.74 Å². The summed E-state index contributed by atoms with van der Waals surface area (Å²) < 4.78 is 5.77. The van der Waals surface area contributed by atoms with Crippen LogP contribution >= 0.6 is 24.0 Å². The van der Waals surface area contributed by atoms with Crippen molar-refractivity contribution in [1.29, 1.82) is 0 Å². The lowest BCUT2D eigenvalue weighted by molar-refractivity contribution is -0.127. The summed E-state index contributed by atoms with van der Waals surface area (Å²) >= 11 is 0. The quantitative estimate of drug-likeness (QED) is 0.251. The van der Waals surface area contributed by atoms with Crippen molar-refractivity contribution in [3.05, 3.63) is 65.9 Å². The van der Waals surface area contributed by atoms with Gasteiger partial charge >= 0.3 is 0 Å². The number of nitrogens with one attached hydrogen (secondary N) is 3. The number of hydrogen-bond donors (Lipinski definition) is 3. The number of hydrogen-bond acceptors (Lipinski definition) is 3. The fourth-order valence-electron chi connectivity index (χ4n) is 3.68. The Morgan fingerprint density at radius 1 is 1.19 bits per heavy atom. The van der Waals surface area contributed by atoms with Crippen molar-refractivity contribution < 1.29 is 9.53 Å². The summed E-state index contributed by atoms with van der Waals surface area (Å²) in [5.41, 5.74) is 3.41. The third-order valence-corrected chi connectivity index (χ3v) is 5.41. The third kappa shape index (κ3) is 5.93. The molecule has 3 aromatic rings. The summed E-state index contributed by atoms with van der Waals surface area (Å²) in [6.45, 7) is 1.44. The highest BCUT2D eigenvalue weighted by Gasteiger charge is 2.22. The molecule has 1 aliphatic rings. The predicted octanol–water partition coefficient (Wildman–Crippen LogP) is 3.48. The topological polar surface area (TPSA) is 81.8 Å². The lowest BCUT2D eigenvalue weighted by atomic mass is 10.0. The van der Waals surface area contributed by atoms with Gasteiger partial charge in [0.05, 0.1) is 12.6 Å². The molecule has 1 amide bonds. The number of guanidine groups is 1. The molecular formula is C24H30IN5O2. The van der Waals surface area contributed by atoms with E-state index in [9.17, 15) is 4.79 Å². The molecular weight excluding hydrogens is 517 g/mol. The Balaban J connectivity index is 0.00000289. The van der Waals surface area contributed by atoms with Gasteiger partial charge in [-0.25, -0.2) is 4.99 Å². The van der Waals surface area contributed by atoms with Crippen LogP contribution in [-0.2, 0) is 11.2 Å². The van der Waals surface area contributed by atoms with Gasteiger partial charge in [0.15, 0.2) is 5.96 Å². The van der Waals surface area contributed by atoms with E-state index in [1.165, 1.54) is 5.39 Å². The van der Waals surface area contributed by atoms with E-state index in [0.29, 0.717) is 19.1 Å². The van der Waals surface area contributed by atoms with Crippen LogP contribution < -0.4 is 15.4 Å². The highest BCUT2D eigenvalue weighted by atomic mass is 127. The molecule has 8 heteroatoms. The van der Waals surface area contributed by atoms with Crippen molar-refractivity contribution in [2.45, 2.75) is 18.9 Å². The summed E-state index contributed by atoms with van der Waals surface area (Å²) in [4.78, 5) is 21.6. The number of aliphatic imine (C=N–C) groups is 1. The summed E-state index contributed by atoms with van der Waals surface area (Å²) in [6.07, 6.45) is 1.66. The Morgan fingerprint density at radius 2 is 1.97 bits per heavy atom. The molecule has 3 N–H and O–H groups in total. The Morgan fingerprint density at radius 3 is 2.78 bits per heavy atom. The average Bonchev–Trinajstić information content (AvgIpc) is 3.20. The van der Waals surface area contributed by atoms with Crippen molar-refractivity contribution in [3.63, 3.8) is 0 Å². The zero-order chi connectivity index (χ0) is 21.6. The number of halogens is 1. The number of aromatic amines is 1. The predicted molar refractivity (Wildman–Crippen MR) is 139 cm³/mol. The third-order valence-electron chi connectivity index (χ3n) is 5.41. The second kappa shape index (κ2) is 11.2. The second-order valence-corrected chi connectivity index (χ2v) is 7.88. The highest BCUT2D eigenvalue weighted by Crippen LogP contribution is 2.31. The Hall–Kier alpha value is -2.75. The standard InChI is InChI=1S/C24H29N5O2.HI/c1-29(2)23(30)16-26-24(28-21-12-14-31-22-10-6-4-8-19(21)22)25-13-11-18-15-17-7-3-5-9-20(17)27-18;/h3-10,15,21,27H,11-14,16H2,1-2H3,(H2,25,26,28);1H. The Kier molecular flexibility index (Phi) is 8.38. The van der Waals surface area contributed by atoms with Crippen LogP contribution in [0.1, 0.15) is 23.7 Å².